The van der Waals surface area contributed by atoms with E-state index in [9.17, 15) is 0 Å². The average molecular weight is 374 g/mol. The molecule has 0 saturated carbocycles. The van der Waals surface area contributed by atoms with Crippen LogP contribution in [0.1, 0.15) is 11.1 Å². The topological polar surface area (TPSA) is 67.0 Å². The van der Waals surface area contributed by atoms with Gasteiger partial charge in [-0.1, -0.05) is 0 Å². The smallest absolute Gasteiger partial charge is 0.292 e. The fourth-order valence-electron chi connectivity index (χ4n) is 3.28. The normalized spacial score (nSPS) is 16.3. The first kappa shape index (κ1) is 16.9. The molecule has 1 atom stereocenters. The number of nitrogens with zero attached hydrogens (tertiary/aromatic N) is 2. The molecule has 0 saturated heterocycles. The second-order valence-electron chi connectivity index (χ2n) is 6.21. The fourth-order valence-corrected chi connectivity index (χ4v) is 3.47. The molecule has 2 aromatic heterocycles. The SMILES string of the molecule is COc1cc2c(cc1OC)C[NH+](Cn1nc(-c3ccco3)oc1=S)CC2. The number of hydrogen-bond acceptors (Lipinski definition) is 6. The Morgan fingerprint density at radius 3 is 2.69 bits per heavy atom. The van der Waals surface area contributed by atoms with Gasteiger partial charge in [0.05, 0.1) is 27.0 Å². The highest BCUT2D eigenvalue weighted by Gasteiger charge is 2.23. The maximum absolute atomic E-state index is 5.56. The first-order valence-corrected chi connectivity index (χ1v) is 8.78. The molecular formula is C18H20N3O4S+. The van der Waals surface area contributed by atoms with Crippen molar-refractivity contribution in [3.8, 4) is 23.1 Å². The highest BCUT2D eigenvalue weighted by Crippen LogP contribution is 2.31. The lowest BCUT2D eigenvalue weighted by Gasteiger charge is -2.26. The Labute approximate surface area is 155 Å². The summed E-state index contributed by atoms with van der Waals surface area (Å²) < 4.78 is 23.4. The Kier molecular flexibility index (Phi) is 4.52. The van der Waals surface area contributed by atoms with Crippen LogP contribution in [0.25, 0.3) is 11.7 Å². The highest BCUT2D eigenvalue weighted by atomic mass is 32.1. The van der Waals surface area contributed by atoms with Gasteiger partial charge in [-0.15, -0.1) is 5.10 Å². The lowest BCUT2D eigenvalue weighted by Crippen LogP contribution is -3.11. The Hall–Kier alpha value is -2.58. The largest absolute Gasteiger partial charge is 0.493 e. The molecular weight excluding hydrogens is 354 g/mol. The molecule has 3 heterocycles. The Morgan fingerprint density at radius 2 is 2.00 bits per heavy atom. The molecule has 1 aromatic carbocycles. The van der Waals surface area contributed by atoms with E-state index in [-0.39, 0.29) is 0 Å². The van der Waals surface area contributed by atoms with Gasteiger partial charge in [-0.05, 0) is 42.0 Å². The van der Waals surface area contributed by atoms with E-state index in [0.717, 1.165) is 31.0 Å². The molecule has 1 aliphatic rings. The molecule has 0 spiro atoms. The summed E-state index contributed by atoms with van der Waals surface area (Å²) in [6, 6.07) is 7.72. The van der Waals surface area contributed by atoms with Gasteiger partial charge < -0.3 is 23.2 Å². The minimum absolute atomic E-state index is 0.349. The van der Waals surface area contributed by atoms with E-state index < -0.39 is 0 Å². The van der Waals surface area contributed by atoms with Gasteiger partial charge in [0, 0.05) is 12.0 Å². The van der Waals surface area contributed by atoms with Crippen LogP contribution in [-0.2, 0) is 19.6 Å². The lowest BCUT2D eigenvalue weighted by atomic mass is 9.99. The van der Waals surface area contributed by atoms with E-state index in [1.165, 1.54) is 16.0 Å². The van der Waals surface area contributed by atoms with Crippen LogP contribution in [0.3, 0.4) is 0 Å². The summed E-state index contributed by atoms with van der Waals surface area (Å²) in [5.74, 6) is 2.51. The van der Waals surface area contributed by atoms with Crippen molar-refractivity contribution in [3.05, 3.63) is 46.5 Å². The van der Waals surface area contributed by atoms with E-state index in [2.05, 4.69) is 17.2 Å². The summed E-state index contributed by atoms with van der Waals surface area (Å²) in [5, 5.41) is 4.45. The molecule has 8 heteroatoms. The zero-order chi connectivity index (χ0) is 18.1. The molecule has 0 radical (unpaired) electrons. The maximum atomic E-state index is 5.56. The fraction of sp³-hybridized carbons (Fsp3) is 0.333. The lowest BCUT2D eigenvalue weighted by molar-refractivity contribution is -0.939. The van der Waals surface area contributed by atoms with Gasteiger partial charge in [0.2, 0.25) is 0 Å². The molecule has 7 nitrogen and oxygen atoms in total. The molecule has 26 heavy (non-hydrogen) atoms. The second kappa shape index (κ2) is 6.97. The van der Waals surface area contributed by atoms with Crippen LogP contribution >= 0.6 is 12.2 Å². The monoisotopic (exact) mass is 374 g/mol. The van der Waals surface area contributed by atoms with Crippen molar-refractivity contribution in [2.45, 2.75) is 19.6 Å². The predicted molar refractivity (Wildman–Crippen MR) is 95.8 cm³/mol. The summed E-state index contributed by atoms with van der Waals surface area (Å²) in [6.07, 6.45) is 2.54. The average Bonchev–Trinajstić information content (AvgIpc) is 3.31. The van der Waals surface area contributed by atoms with Crippen molar-refractivity contribution in [2.75, 3.05) is 20.8 Å². The molecule has 0 amide bonds. The number of nitrogens with one attached hydrogen (secondary N) is 1. The number of rotatable bonds is 5. The minimum atomic E-state index is 0.349. The molecule has 1 unspecified atom stereocenters. The van der Waals surface area contributed by atoms with Crippen molar-refractivity contribution in [3.63, 3.8) is 0 Å². The van der Waals surface area contributed by atoms with Crippen LogP contribution in [0, 0.1) is 4.84 Å². The number of quaternary nitrogens is 1. The van der Waals surface area contributed by atoms with Crippen LogP contribution in [0.5, 0.6) is 11.5 Å². The third kappa shape index (κ3) is 3.13. The quantitative estimate of drug-likeness (QED) is 0.690. The van der Waals surface area contributed by atoms with Gasteiger partial charge in [-0.25, -0.2) is 0 Å². The number of methoxy groups -OCH3 is 2. The Bertz CT molecular complexity index is 961. The minimum Gasteiger partial charge on any atom is -0.493 e. The third-order valence-electron chi connectivity index (χ3n) is 4.61. The number of ether oxygens (including phenoxy) is 2. The highest BCUT2D eigenvalue weighted by molar-refractivity contribution is 7.71. The molecule has 0 bridgehead atoms. The summed E-state index contributed by atoms with van der Waals surface area (Å²) in [5.41, 5.74) is 2.55. The first-order valence-electron chi connectivity index (χ1n) is 8.37. The standard InChI is InChI=1S/C18H19N3O4S/c1-22-15-8-12-5-6-20(10-13(12)9-16(15)23-2)11-21-18(26)25-17(19-21)14-4-3-7-24-14/h3-4,7-9H,5-6,10-11H2,1-2H3/p+1. The number of fused-ring (bicyclic) bond motifs is 1. The zero-order valence-corrected chi connectivity index (χ0v) is 15.5. The Balaban J connectivity index is 1.54. The molecule has 136 valence electrons. The molecule has 3 aromatic rings. The molecule has 1 aliphatic heterocycles. The summed E-state index contributed by atoms with van der Waals surface area (Å²) in [6.45, 7) is 2.48. The third-order valence-corrected chi connectivity index (χ3v) is 4.90. The predicted octanol–water partition coefficient (Wildman–Crippen LogP) is 2.08. The van der Waals surface area contributed by atoms with E-state index in [1.807, 2.05) is 0 Å². The van der Waals surface area contributed by atoms with E-state index >= 15 is 0 Å². The van der Waals surface area contributed by atoms with Gasteiger partial charge in [0.15, 0.2) is 23.9 Å². The Morgan fingerprint density at radius 1 is 1.23 bits per heavy atom. The van der Waals surface area contributed by atoms with Gasteiger partial charge in [0.25, 0.3) is 10.7 Å². The van der Waals surface area contributed by atoms with Crippen molar-refractivity contribution in [1.82, 2.24) is 9.78 Å². The molecule has 4 rings (SSSR count). The van der Waals surface area contributed by atoms with Gasteiger partial charge in [0.1, 0.15) is 6.54 Å². The number of furan rings is 1. The van der Waals surface area contributed by atoms with Gasteiger partial charge in [-0.3, -0.25) is 0 Å². The summed E-state index contributed by atoms with van der Waals surface area (Å²) in [4.78, 5) is 1.70. The van der Waals surface area contributed by atoms with Crippen molar-refractivity contribution in [2.24, 2.45) is 0 Å². The second-order valence-corrected chi connectivity index (χ2v) is 6.56. The number of hydrogen-bond donors (Lipinski definition) is 1. The van der Waals surface area contributed by atoms with Crippen molar-refractivity contribution in [1.29, 1.82) is 0 Å². The van der Waals surface area contributed by atoms with Gasteiger partial charge >= 0.3 is 0 Å². The molecule has 1 N–H and O–H groups in total. The van der Waals surface area contributed by atoms with Gasteiger partial charge in [-0.2, -0.15) is 4.68 Å². The maximum Gasteiger partial charge on any atom is 0.292 e. The van der Waals surface area contributed by atoms with Crippen LogP contribution in [0.4, 0.5) is 0 Å². The zero-order valence-electron chi connectivity index (χ0n) is 14.7. The first-order chi connectivity index (χ1) is 12.7. The van der Waals surface area contributed by atoms with Crippen LogP contribution in [0.15, 0.2) is 39.4 Å². The van der Waals surface area contributed by atoms with Crippen LogP contribution in [-0.4, -0.2) is 30.5 Å². The summed E-state index contributed by atoms with van der Waals surface area (Å²) >= 11 is 5.31. The van der Waals surface area contributed by atoms with Crippen LogP contribution < -0.4 is 14.4 Å². The van der Waals surface area contributed by atoms with Crippen LogP contribution in [0.2, 0.25) is 0 Å². The molecule has 0 aliphatic carbocycles. The van der Waals surface area contributed by atoms with Crippen molar-refractivity contribution >= 4 is 12.2 Å². The summed E-state index contributed by atoms with van der Waals surface area (Å²) in [7, 11) is 3.32. The van der Waals surface area contributed by atoms with E-state index in [4.69, 9.17) is 30.5 Å². The van der Waals surface area contributed by atoms with E-state index in [0.29, 0.717) is 23.2 Å². The molecule has 0 fully saturated rings. The van der Waals surface area contributed by atoms with E-state index in [1.54, 1.807) is 37.3 Å². The number of aromatic nitrogens is 2. The number of benzene rings is 1. The van der Waals surface area contributed by atoms with Crippen molar-refractivity contribution < 1.29 is 23.2 Å².